The molecule has 14 heavy (non-hydrogen) atoms. The summed E-state index contributed by atoms with van der Waals surface area (Å²) >= 11 is 0. The molecule has 0 aromatic rings. The van der Waals surface area contributed by atoms with Gasteiger partial charge in [0.2, 0.25) is 0 Å². The second kappa shape index (κ2) is 5.20. The Hall–Kier alpha value is -0.770. The largest absolute Gasteiger partial charge is 0.465 e. The molecule has 0 aliphatic heterocycles. The lowest BCUT2D eigenvalue weighted by Crippen LogP contribution is -2.34. The van der Waals surface area contributed by atoms with Crippen molar-refractivity contribution in [3.8, 4) is 0 Å². The van der Waals surface area contributed by atoms with Crippen LogP contribution < -0.4 is 11.1 Å². The third kappa shape index (κ3) is 3.54. The van der Waals surface area contributed by atoms with E-state index in [4.69, 9.17) is 10.8 Å². The van der Waals surface area contributed by atoms with Crippen molar-refractivity contribution in [2.45, 2.75) is 38.6 Å². The summed E-state index contributed by atoms with van der Waals surface area (Å²) in [4.78, 5) is 10.3. The molecular formula is C10H20N2O2. The summed E-state index contributed by atoms with van der Waals surface area (Å²) in [6, 6.07) is 0.281. The molecule has 0 heterocycles. The lowest BCUT2D eigenvalue weighted by atomic mass is 9.79. The number of carbonyl (C=O) groups is 1. The predicted octanol–water partition coefficient (Wildman–Crippen LogP) is 1.41. The highest BCUT2D eigenvalue weighted by Crippen LogP contribution is 2.29. The Morgan fingerprint density at radius 1 is 1.50 bits per heavy atom. The van der Waals surface area contributed by atoms with Crippen LogP contribution in [0.4, 0.5) is 4.79 Å². The maximum absolute atomic E-state index is 10.3. The summed E-state index contributed by atoms with van der Waals surface area (Å²) in [5.41, 5.74) is 5.83. The molecule has 0 spiro atoms. The van der Waals surface area contributed by atoms with Crippen LogP contribution in [-0.2, 0) is 0 Å². The van der Waals surface area contributed by atoms with Gasteiger partial charge in [0.1, 0.15) is 0 Å². The molecule has 1 fully saturated rings. The molecule has 0 aromatic heterocycles. The van der Waals surface area contributed by atoms with Crippen molar-refractivity contribution in [2.75, 3.05) is 6.54 Å². The molecule has 0 bridgehead atoms. The molecule has 1 amide bonds. The summed E-state index contributed by atoms with van der Waals surface area (Å²) in [6.45, 7) is 2.65. The first-order chi connectivity index (χ1) is 6.59. The number of amides is 1. The Morgan fingerprint density at radius 2 is 2.07 bits per heavy atom. The van der Waals surface area contributed by atoms with Crippen LogP contribution in [0.1, 0.15) is 32.6 Å². The van der Waals surface area contributed by atoms with Gasteiger partial charge < -0.3 is 16.2 Å². The minimum atomic E-state index is -0.917. The quantitative estimate of drug-likeness (QED) is 0.644. The first kappa shape index (κ1) is 11.3. The van der Waals surface area contributed by atoms with Gasteiger partial charge in [0.05, 0.1) is 0 Å². The predicted molar refractivity (Wildman–Crippen MR) is 55.1 cm³/mol. The van der Waals surface area contributed by atoms with E-state index < -0.39 is 6.09 Å². The van der Waals surface area contributed by atoms with Crippen LogP contribution in [0.3, 0.4) is 0 Å². The van der Waals surface area contributed by atoms with Crippen molar-refractivity contribution < 1.29 is 9.90 Å². The van der Waals surface area contributed by atoms with Gasteiger partial charge in [-0.25, -0.2) is 4.79 Å². The van der Waals surface area contributed by atoms with Crippen LogP contribution in [0.15, 0.2) is 0 Å². The van der Waals surface area contributed by atoms with Crippen molar-refractivity contribution in [2.24, 2.45) is 17.6 Å². The van der Waals surface area contributed by atoms with E-state index in [2.05, 4.69) is 12.2 Å². The number of nitrogens with two attached hydrogens (primary N) is 1. The fraction of sp³-hybridized carbons (Fsp3) is 0.900. The smallest absolute Gasteiger partial charge is 0.404 e. The molecule has 1 saturated carbocycles. The zero-order valence-corrected chi connectivity index (χ0v) is 8.70. The molecule has 0 aromatic carbocycles. The number of rotatable bonds is 3. The van der Waals surface area contributed by atoms with Gasteiger partial charge in [-0.3, -0.25) is 0 Å². The van der Waals surface area contributed by atoms with E-state index in [1.54, 1.807) is 0 Å². The molecule has 0 radical (unpaired) electrons. The lowest BCUT2D eigenvalue weighted by Gasteiger charge is -2.30. The normalized spacial score (nSPS) is 29.6. The number of nitrogens with one attached hydrogen (secondary N) is 1. The lowest BCUT2D eigenvalue weighted by molar-refractivity contribution is 0.186. The van der Waals surface area contributed by atoms with E-state index in [-0.39, 0.29) is 6.04 Å². The van der Waals surface area contributed by atoms with Crippen LogP contribution >= 0.6 is 0 Å². The minimum Gasteiger partial charge on any atom is -0.465 e. The molecule has 4 nitrogen and oxygen atoms in total. The third-order valence-electron chi connectivity index (χ3n) is 3.18. The van der Waals surface area contributed by atoms with Crippen LogP contribution in [0.25, 0.3) is 0 Å². The highest BCUT2D eigenvalue weighted by molar-refractivity contribution is 5.64. The van der Waals surface area contributed by atoms with Crippen molar-refractivity contribution in [1.82, 2.24) is 5.32 Å². The monoisotopic (exact) mass is 200 g/mol. The summed E-state index contributed by atoms with van der Waals surface area (Å²) in [7, 11) is 0. The van der Waals surface area contributed by atoms with Gasteiger partial charge in [-0.05, 0) is 44.4 Å². The Kier molecular flexibility index (Phi) is 4.20. The van der Waals surface area contributed by atoms with Crippen LogP contribution in [0.2, 0.25) is 0 Å². The molecule has 4 heteroatoms. The van der Waals surface area contributed by atoms with Gasteiger partial charge >= 0.3 is 6.09 Å². The molecular weight excluding hydrogens is 180 g/mol. The number of carboxylic acid groups (broad SMARTS) is 1. The molecule has 4 N–H and O–H groups in total. The van der Waals surface area contributed by atoms with Crippen LogP contribution in [0, 0.1) is 11.8 Å². The van der Waals surface area contributed by atoms with Crippen LogP contribution in [-0.4, -0.2) is 23.8 Å². The SMILES string of the molecule is C[C@H](N)C1CCC(CNC(=O)O)CC1. The fourth-order valence-electron chi connectivity index (χ4n) is 2.15. The van der Waals surface area contributed by atoms with Gasteiger partial charge in [-0.2, -0.15) is 0 Å². The number of hydrogen-bond donors (Lipinski definition) is 3. The van der Waals surface area contributed by atoms with Crippen molar-refractivity contribution in [3.63, 3.8) is 0 Å². The standard InChI is InChI=1S/C10H20N2O2/c1-7(11)9-4-2-8(3-5-9)6-12-10(13)14/h7-9,12H,2-6,11H2,1H3,(H,13,14)/t7-,8?,9?/m0/s1. The van der Waals surface area contributed by atoms with E-state index in [9.17, 15) is 4.79 Å². The second-order valence-corrected chi connectivity index (χ2v) is 4.33. The van der Waals surface area contributed by atoms with Crippen molar-refractivity contribution in [1.29, 1.82) is 0 Å². The molecule has 82 valence electrons. The second-order valence-electron chi connectivity index (χ2n) is 4.33. The molecule has 1 aliphatic carbocycles. The summed E-state index contributed by atoms with van der Waals surface area (Å²) in [5, 5.41) is 10.9. The summed E-state index contributed by atoms with van der Waals surface area (Å²) in [5.74, 6) is 1.15. The first-order valence-corrected chi connectivity index (χ1v) is 5.32. The molecule has 0 unspecified atom stereocenters. The van der Waals surface area contributed by atoms with E-state index in [1.807, 2.05) is 0 Å². The Balaban J connectivity index is 2.19. The first-order valence-electron chi connectivity index (χ1n) is 5.32. The van der Waals surface area contributed by atoms with Crippen molar-refractivity contribution in [3.05, 3.63) is 0 Å². The Morgan fingerprint density at radius 3 is 2.50 bits per heavy atom. The average Bonchev–Trinajstić information content (AvgIpc) is 2.15. The Labute approximate surface area is 84.9 Å². The minimum absolute atomic E-state index is 0.281. The fourth-order valence-corrected chi connectivity index (χ4v) is 2.15. The van der Waals surface area contributed by atoms with E-state index in [1.165, 1.54) is 0 Å². The summed E-state index contributed by atoms with van der Waals surface area (Å²) < 4.78 is 0. The van der Waals surface area contributed by atoms with Crippen LogP contribution in [0.5, 0.6) is 0 Å². The van der Waals surface area contributed by atoms with E-state index in [0.717, 1.165) is 25.7 Å². The Bertz CT molecular complexity index is 187. The van der Waals surface area contributed by atoms with Crippen molar-refractivity contribution >= 4 is 6.09 Å². The van der Waals surface area contributed by atoms with Gasteiger partial charge in [-0.15, -0.1) is 0 Å². The molecule has 0 saturated heterocycles. The maximum atomic E-state index is 10.3. The summed E-state index contributed by atoms with van der Waals surface area (Å²) in [6.07, 6.45) is 3.58. The van der Waals surface area contributed by atoms with Gasteiger partial charge in [0.25, 0.3) is 0 Å². The highest BCUT2D eigenvalue weighted by Gasteiger charge is 2.23. The van der Waals surface area contributed by atoms with Gasteiger partial charge in [0.15, 0.2) is 0 Å². The van der Waals surface area contributed by atoms with E-state index >= 15 is 0 Å². The molecule has 1 aliphatic rings. The third-order valence-corrected chi connectivity index (χ3v) is 3.18. The molecule has 1 rings (SSSR count). The highest BCUT2D eigenvalue weighted by atomic mass is 16.4. The topological polar surface area (TPSA) is 75.3 Å². The van der Waals surface area contributed by atoms with Gasteiger partial charge in [0, 0.05) is 12.6 Å². The van der Waals surface area contributed by atoms with Gasteiger partial charge in [-0.1, -0.05) is 0 Å². The molecule has 1 atom stereocenters. The zero-order valence-electron chi connectivity index (χ0n) is 8.70. The van der Waals surface area contributed by atoms with E-state index in [0.29, 0.717) is 18.4 Å². The zero-order chi connectivity index (χ0) is 10.6. The number of hydrogen-bond acceptors (Lipinski definition) is 2. The maximum Gasteiger partial charge on any atom is 0.404 e. The average molecular weight is 200 g/mol.